The number of hydrogen-bond donors (Lipinski definition) is 1. The third-order valence-corrected chi connectivity index (χ3v) is 2.10. The molecule has 3 nitrogen and oxygen atoms in total. The van der Waals surface area contributed by atoms with E-state index in [1.165, 1.54) is 0 Å². The van der Waals surface area contributed by atoms with Gasteiger partial charge in [-0.15, -0.1) is 0 Å². The highest BCUT2D eigenvalue weighted by Crippen LogP contribution is 2.28. The smallest absolute Gasteiger partial charge is 0.339 e. The summed E-state index contributed by atoms with van der Waals surface area (Å²) < 4.78 is 5.29. The Kier molecular flexibility index (Phi) is 2.45. The van der Waals surface area contributed by atoms with Gasteiger partial charge in [0.1, 0.15) is 17.1 Å². The molecule has 1 aromatic rings. The third kappa shape index (κ3) is 1.59. The minimum Gasteiger partial charge on any atom is -0.478 e. The number of aryl methyl sites for hydroxylation is 2. The topological polar surface area (TPSA) is 50.4 Å². The van der Waals surface area contributed by atoms with Crippen molar-refractivity contribution in [2.75, 3.05) is 0 Å². The van der Waals surface area contributed by atoms with E-state index in [1.807, 2.05) is 13.8 Å². The van der Waals surface area contributed by atoms with E-state index in [-0.39, 0.29) is 5.92 Å². The predicted molar refractivity (Wildman–Crippen MR) is 49.2 cm³/mol. The van der Waals surface area contributed by atoms with Gasteiger partial charge in [-0.1, -0.05) is 13.8 Å². The third-order valence-electron chi connectivity index (χ3n) is 2.10. The monoisotopic (exact) mass is 182 g/mol. The van der Waals surface area contributed by atoms with Crippen molar-refractivity contribution in [1.29, 1.82) is 0 Å². The number of rotatable bonds is 2. The quantitative estimate of drug-likeness (QED) is 0.765. The van der Waals surface area contributed by atoms with E-state index >= 15 is 0 Å². The minimum absolute atomic E-state index is 0.184. The fraction of sp³-hybridized carbons (Fsp3) is 0.500. The summed E-state index contributed by atoms with van der Waals surface area (Å²) in [5, 5.41) is 8.95. The van der Waals surface area contributed by atoms with E-state index in [1.54, 1.807) is 13.8 Å². The molecule has 0 amide bonds. The van der Waals surface area contributed by atoms with Crippen LogP contribution in [0.3, 0.4) is 0 Å². The molecule has 0 aliphatic rings. The van der Waals surface area contributed by atoms with Gasteiger partial charge in [-0.3, -0.25) is 0 Å². The average Bonchev–Trinajstić information content (AvgIpc) is 2.24. The van der Waals surface area contributed by atoms with Crippen molar-refractivity contribution < 1.29 is 14.3 Å². The molecular weight excluding hydrogens is 168 g/mol. The average molecular weight is 182 g/mol. The molecule has 0 aliphatic heterocycles. The van der Waals surface area contributed by atoms with Gasteiger partial charge in [0.05, 0.1) is 0 Å². The van der Waals surface area contributed by atoms with Crippen LogP contribution in [0.4, 0.5) is 0 Å². The Bertz CT molecular complexity index is 334. The highest BCUT2D eigenvalue weighted by molar-refractivity contribution is 5.91. The number of carboxylic acid groups (broad SMARTS) is 1. The van der Waals surface area contributed by atoms with Crippen molar-refractivity contribution in [3.05, 3.63) is 22.6 Å². The molecule has 3 heteroatoms. The molecule has 0 saturated carbocycles. The summed E-state index contributed by atoms with van der Waals surface area (Å²) in [6, 6.07) is 0. The highest BCUT2D eigenvalue weighted by atomic mass is 16.4. The summed E-state index contributed by atoms with van der Waals surface area (Å²) in [5.74, 6) is 0.486. The molecule has 1 aromatic heterocycles. The standard InChI is InChI=1S/C10H14O3/c1-5(2)8-6(3)13-7(4)9(8)10(11)12/h5H,1-4H3,(H,11,12). The summed E-state index contributed by atoms with van der Waals surface area (Å²) >= 11 is 0. The Labute approximate surface area is 77.4 Å². The molecule has 0 fully saturated rings. The van der Waals surface area contributed by atoms with Gasteiger partial charge in [0.2, 0.25) is 0 Å². The lowest BCUT2D eigenvalue weighted by atomic mass is 9.98. The van der Waals surface area contributed by atoms with Crippen LogP contribution in [0.5, 0.6) is 0 Å². The molecule has 0 aromatic carbocycles. The fourth-order valence-corrected chi connectivity index (χ4v) is 1.66. The molecule has 0 unspecified atom stereocenters. The van der Waals surface area contributed by atoms with Gasteiger partial charge < -0.3 is 9.52 Å². The Balaban J connectivity index is 3.38. The van der Waals surface area contributed by atoms with E-state index < -0.39 is 5.97 Å². The maximum absolute atomic E-state index is 10.9. The Morgan fingerprint density at radius 2 is 1.85 bits per heavy atom. The molecule has 1 N–H and O–H groups in total. The lowest BCUT2D eigenvalue weighted by molar-refractivity contribution is 0.0693. The van der Waals surface area contributed by atoms with Gasteiger partial charge in [0.15, 0.2) is 0 Å². The van der Waals surface area contributed by atoms with Crippen molar-refractivity contribution in [1.82, 2.24) is 0 Å². The van der Waals surface area contributed by atoms with Crippen LogP contribution in [-0.4, -0.2) is 11.1 Å². The summed E-state index contributed by atoms with van der Waals surface area (Å²) in [5.41, 5.74) is 1.14. The summed E-state index contributed by atoms with van der Waals surface area (Å²) in [6.07, 6.45) is 0. The molecular formula is C10H14O3. The van der Waals surface area contributed by atoms with E-state index in [9.17, 15) is 4.79 Å². The summed E-state index contributed by atoms with van der Waals surface area (Å²) in [7, 11) is 0. The van der Waals surface area contributed by atoms with Crippen molar-refractivity contribution >= 4 is 5.97 Å². The molecule has 0 atom stereocenters. The second-order valence-corrected chi connectivity index (χ2v) is 3.46. The van der Waals surface area contributed by atoms with Gasteiger partial charge in [0.25, 0.3) is 0 Å². The second kappa shape index (κ2) is 3.24. The van der Waals surface area contributed by atoms with E-state index in [0.717, 1.165) is 5.56 Å². The lowest BCUT2D eigenvalue weighted by Crippen LogP contribution is -2.03. The number of aromatic carboxylic acids is 1. The zero-order valence-corrected chi connectivity index (χ0v) is 8.34. The molecule has 0 spiro atoms. The largest absolute Gasteiger partial charge is 0.478 e. The molecule has 0 bridgehead atoms. The minimum atomic E-state index is -0.905. The number of furan rings is 1. The van der Waals surface area contributed by atoms with Gasteiger partial charge in [-0.2, -0.15) is 0 Å². The van der Waals surface area contributed by atoms with Crippen LogP contribution in [0, 0.1) is 13.8 Å². The fourth-order valence-electron chi connectivity index (χ4n) is 1.66. The van der Waals surface area contributed by atoms with Crippen LogP contribution >= 0.6 is 0 Å². The lowest BCUT2D eigenvalue weighted by Gasteiger charge is -2.03. The maximum Gasteiger partial charge on any atom is 0.339 e. The van der Waals surface area contributed by atoms with Gasteiger partial charge in [-0.05, 0) is 19.8 Å². The van der Waals surface area contributed by atoms with Crippen molar-refractivity contribution in [3.8, 4) is 0 Å². The first kappa shape index (κ1) is 9.84. The zero-order valence-electron chi connectivity index (χ0n) is 8.34. The van der Waals surface area contributed by atoms with Crippen LogP contribution in [0.2, 0.25) is 0 Å². The van der Waals surface area contributed by atoms with Gasteiger partial charge in [-0.25, -0.2) is 4.79 Å². The van der Waals surface area contributed by atoms with Crippen LogP contribution in [0.15, 0.2) is 4.42 Å². The first-order valence-corrected chi connectivity index (χ1v) is 4.28. The second-order valence-electron chi connectivity index (χ2n) is 3.46. The number of hydrogen-bond acceptors (Lipinski definition) is 2. The SMILES string of the molecule is Cc1oc(C)c(C(C)C)c1C(=O)O. The molecule has 1 heterocycles. The summed E-state index contributed by atoms with van der Waals surface area (Å²) in [6.45, 7) is 7.41. The number of carboxylic acids is 1. The molecule has 0 aliphatic carbocycles. The van der Waals surface area contributed by atoms with Crippen LogP contribution in [-0.2, 0) is 0 Å². The maximum atomic E-state index is 10.9. The predicted octanol–water partition coefficient (Wildman–Crippen LogP) is 2.72. The van der Waals surface area contributed by atoms with Gasteiger partial charge >= 0.3 is 5.97 Å². The first-order valence-electron chi connectivity index (χ1n) is 4.28. The van der Waals surface area contributed by atoms with E-state index in [2.05, 4.69) is 0 Å². The van der Waals surface area contributed by atoms with Crippen LogP contribution in [0.1, 0.15) is 47.2 Å². The Morgan fingerprint density at radius 1 is 1.31 bits per heavy atom. The first-order chi connectivity index (χ1) is 5.95. The van der Waals surface area contributed by atoms with E-state index in [4.69, 9.17) is 9.52 Å². The van der Waals surface area contributed by atoms with Gasteiger partial charge in [0, 0.05) is 5.56 Å². The zero-order chi connectivity index (χ0) is 10.2. The Hall–Kier alpha value is -1.25. The van der Waals surface area contributed by atoms with Crippen molar-refractivity contribution in [2.45, 2.75) is 33.6 Å². The van der Waals surface area contributed by atoms with Crippen molar-refractivity contribution in [2.24, 2.45) is 0 Å². The van der Waals surface area contributed by atoms with Crippen LogP contribution < -0.4 is 0 Å². The van der Waals surface area contributed by atoms with Crippen LogP contribution in [0.25, 0.3) is 0 Å². The van der Waals surface area contributed by atoms with Crippen molar-refractivity contribution in [3.63, 3.8) is 0 Å². The summed E-state index contributed by atoms with van der Waals surface area (Å²) in [4.78, 5) is 10.9. The van der Waals surface area contributed by atoms with E-state index in [0.29, 0.717) is 17.1 Å². The molecule has 0 saturated heterocycles. The highest BCUT2D eigenvalue weighted by Gasteiger charge is 2.22. The Morgan fingerprint density at radius 3 is 2.15 bits per heavy atom. The number of carbonyl (C=O) groups is 1. The molecule has 0 radical (unpaired) electrons. The molecule has 13 heavy (non-hydrogen) atoms. The normalized spacial score (nSPS) is 10.8. The molecule has 72 valence electrons. The molecule has 1 rings (SSSR count).